The summed E-state index contributed by atoms with van der Waals surface area (Å²) in [5, 5.41) is 0. The molecule has 128 valence electrons. The summed E-state index contributed by atoms with van der Waals surface area (Å²) in [5.74, 6) is 0.743. The van der Waals surface area contributed by atoms with E-state index >= 15 is 0 Å². The molecule has 0 unspecified atom stereocenters. The first kappa shape index (κ1) is 17.0. The largest absolute Gasteiger partial charge is 0.494 e. The molecule has 4 heteroatoms. The van der Waals surface area contributed by atoms with Crippen LogP contribution in [0.4, 0.5) is 0 Å². The fourth-order valence-electron chi connectivity index (χ4n) is 2.47. The second kappa shape index (κ2) is 8.29. The van der Waals surface area contributed by atoms with Crippen molar-refractivity contribution >= 4 is 17.9 Å². The van der Waals surface area contributed by atoms with Gasteiger partial charge in [-0.1, -0.05) is 50.1 Å². The van der Waals surface area contributed by atoms with Crippen LogP contribution in [-0.2, 0) is 9.53 Å². The third-order valence-electron chi connectivity index (χ3n) is 3.84. The molecule has 0 aliphatic carbocycles. The normalized spacial score (nSPS) is 15.2. The minimum Gasteiger partial charge on any atom is -0.494 e. The Bertz CT molecular complexity index is 777. The third-order valence-corrected chi connectivity index (χ3v) is 3.84. The van der Waals surface area contributed by atoms with Gasteiger partial charge in [0.25, 0.3) is 0 Å². The maximum absolute atomic E-state index is 12.0. The number of carbonyl (C=O) groups is 1. The van der Waals surface area contributed by atoms with Gasteiger partial charge in [0.15, 0.2) is 5.70 Å². The molecular weight excluding hydrogens is 314 g/mol. The minimum absolute atomic E-state index is 0.301. The first-order valence-electron chi connectivity index (χ1n) is 8.57. The summed E-state index contributed by atoms with van der Waals surface area (Å²) in [6.45, 7) is 2.90. The fraction of sp³-hybridized carbons (Fsp3) is 0.238. The predicted molar refractivity (Wildman–Crippen MR) is 98.5 cm³/mol. The molecular formula is C21H21NO3. The lowest BCUT2D eigenvalue weighted by molar-refractivity contribution is -0.129. The second-order valence-corrected chi connectivity index (χ2v) is 5.83. The summed E-state index contributed by atoms with van der Waals surface area (Å²) >= 11 is 0. The van der Waals surface area contributed by atoms with Gasteiger partial charge in [0.1, 0.15) is 5.75 Å². The SMILES string of the molecule is CCCCCOc1ccc(/C=C2\N=C(c3ccccc3)OC2=O)cc1. The predicted octanol–water partition coefficient (Wildman–Crippen LogP) is 4.60. The van der Waals surface area contributed by atoms with E-state index in [1.807, 2.05) is 54.6 Å². The topological polar surface area (TPSA) is 47.9 Å². The number of ether oxygens (including phenoxy) is 2. The molecule has 0 fully saturated rings. The van der Waals surface area contributed by atoms with Crippen LogP contribution in [0.1, 0.15) is 37.3 Å². The number of aliphatic imine (C=N–C) groups is 1. The molecule has 2 aromatic rings. The number of nitrogens with zero attached hydrogens (tertiary/aromatic N) is 1. The van der Waals surface area contributed by atoms with Crippen LogP contribution in [0.15, 0.2) is 65.3 Å². The molecule has 2 aromatic carbocycles. The maximum Gasteiger partial charge on any atom is 0.363 e. The molecule has 0 aromatic heterocycles. The van der Waals surface area contributed by atoms with Gasteiger partial charge in [-0.15, -0.1) is 0 Å². The Balaban J connectivity index is 1.68. The molecule has 0 atom stereocenters. The van der Waals surface area contributed by atoms with Gasteiger partial charge >= 0.3 is 5.97 Å². The number of esters is 1. The van der Waals surface area contributed by atoms with E-state index in [1.165, 1.54) is 12.8 Å². The van der Waals surface area contributed by atoms with E-state index in [1.54, 1.807) is 6.08 Å². The van der Waals surface area contributed by atoms with Crippen molar-refractivity contribution in [3.8, 4) is 5.75 Å². The van der Waals surface area contributed by atoms with Crippen LogP contribution in [0.3, 0.4) is 0 Å². The van der Waals surface area contributed by atoms with Gasteiger partial charge in [0, 0.05) is 5.56 Å². The molecule has 3 rings (SSSR count). The highest BCUT2D eigenvalue weighted by Crippen LogP contribution is 2.20. The molecule has 0 spiro atoms. The minimum atomic E-state index is -0.432. The van der Waals surface area contributed by atoms with Crippen LogP contribution in [0, 0.1) is 0 Å². The van der Waals surface area contributed by atoms with Crippen LogP contribution in [0.2, 0.25) is 0 Å². The van der Waals surface area contributed by atoms with Crippen molar-refractivity contribution in [1.82, 2.24) is 0 Å². The molecule has 4 nitrogen and oxygen atoms in total. The van der Waals surface area contributed by atoms with Crippen LogP contribution in [0.25, 0.3) is 6.08 Å². The van der Waals surface area contributed by atoms with Gasteiger partial charge in [-0.25, -0.2) is 9.79 Å². The number of unbranched alkanes of at least 4 members (excludes halogenated alkanes) is 2. The van der Waals surface area contributed by atoms with Crippen LogP contribution < -0.4 is 4.74 Å². The van der Waals surface area contributed by atoms with Gasteiger partial charge in [-0.05, 0) is 42.3 Å². The van der Waals surface area contributed by atoms with Crippen molar-refractivity contribution < 1.29 is 14.3 Å². The van der Waals surface area contributed by atoms with Crippen molar-refractivity contribution in [2.45, 2.75) is 26.2 Å². The van der Waals surface area contributed by atoms with Crippen LogP contribution in [0.5, 0.6) is 5.75 Å². The summed E-state index contributed by atoms with van der Waals surface area (Å²) in [7, 11) is 0. The standard InChI is InChI=1S/C21H21NO3/c1-2-3-7-14-24-18-12-10-16(11-13-18)15-19-21(23)25-20(22-19)17-8-5-4-6-9-17/h4-6,8-13,15H,2-3,7,14H2,1H3/b19-15-. The van der Waals surface area contributed by atoms with Crippen molar-refractivity contribution in [2.75, 3.05) is 6.61 Å². The number of hydrogen-bond donors (Lipinski definition) is 0. The fourth-order valence-corrected chi connectivity index (χ4v) is 2.47. The Morgan fingerprint density at radius 3 is 2.52 bits per heavy atom. The summed E-state index contributed by atoms with van der Waals surface area (Å²) in [4.78, 5) is 16.3. The Labute approximate surface area is 147 Å². The average molecular weight is 335 g/mol. The zero-order chi connectivity index (χ0) is 17.5. The van der Waals surface area contributed by atoms with Gasteiger partial charge in [0.2, 0.25) is 5.90 Å². The molecule has 1 heterocycles. The smallest absolute Gasteiger partial charge is 0.363 e. The first-order valence-corrected chi connectivity index (χ1v) is 8.57. The quantitative estimate of drug-likeness (QED) is 0.422. The summed E-state index contributed by atoms with van der Waals surface area (Å²) < 4.78 is 10.9. The average Bonchev–Trinajstić information content (AvgIpc) is 3.01. The Kier molecular flexibility index (Phi) is 5.62. The lowest BCUT2D eigenvalue weighted by Gasteiger charge is -2.05. The lowest BCUT2D eigenvalue weighted by atomic mass is 10.2. The van der Waals surface area contributed by atoms with Gasteiger partial charge in [0.05, 0.1) is 6.61 Å². The molecule has 0 radical (unpaired) electrons. The van der Waals surface area contributed by atoms with E-state index in [0.717, 1.165) is 29.9 Å². The Morgan fingerprint density at radius 2 is 1.80 bits per heavy atom. The second-order valence-electron chi connectivity index (χ2n) is 5.83. The van der Waals surface area contributed by atoms with Gasteiger partial charge < -0.3 is 9.47 Å². The van der Waals surface area contributed by atoms with E-state index in [0.29, 0.717) is 11.6 Å². The summed E-state index contributed by atoms with van der Waals surface area (Å²) in [5.41, 5.74) is 1.97. The molecule has 25 heavy (non-hydrogen) atoms. The number of rotatable bonds is 7. The summed E-state index contributed by atoms with van der Waals surface area (Å²) in [6.07, 6.45) is 5.13. The van der Waals surface area contributed by atoms with E-state index in [-0.39, 0.29) is 0 Å². The molecule has 0 bridgehead atoms. The van der Waals surface area contributed by atoms with E-state index in [4.69, 9.17) is 9.47 Å². The molecule has 0 N–H and O–H groups in total. The summed E-state index contributed by atoms with van der Waals surface area (Å²) in [6, 6.07) is 17.0. The van der Waals surface area contributed by atoms with E-state index in [2.05, 4.69) is 11.9 Å². The molecule has 1 aliphatic rings. The monoisotopic (exact) mass is 335 g/mol. The van der Waals surface area contributed by atoms with Crippen LogP contribution >= 0.6 is 0 Å². The highest BCUT2D eigenvalue weighted by Gasteiger charge is 2.23. The Hall–Kier alpha value is -2.88. The highest BCUT2D eigenvalue weighted by molar-refractivity contribution is 6.12. The zero-order valence-electron chi connectivity index (χ0n) is 14.3. The molecule has 0 saturated heterocycles. The number of carbonyl (C=O) groups excluding carboxylic acids is 1. The maximum atomic E-state index is 12.0. The van der Waals surface area contributed by atoms with E-state index < -0.39 is 5.97 Å². The van der Waals surface area contributed by atoms with Crippen molar-refractivity contribution in [2.24, 2.45) is 4.99 Å². The van der Waals surface area contributed by atoms with Crippen LogP contribution in [-0.4, -0.2) is 18.5 Å². The number of hydrogen-bond acceptors (Lipinski definition) is 4. The number of benzene rings is 2. The highest BCUT2D eigenvalue weighted by atomic mass is 16.6. The molecule has 0 saturated carbocycles. The van der Waals surface area contributed by atoms with Crippen molar-refractivity contribution in [1.29, 1.82) is 0 Å². The third kappa shape index (κ3) is 4.57. The molecule has 1 aliphatic heterocycles. The van der Waals surface area contributed by atoms with Gasteiger partial charge in [-0.2, -0.15) is 0 Å². The molecule has 0 amide bonds. The van der Waals surface area contributed by atoms with E-state index in [9.17, 15) is 4.79 Å². The zero-order valence-corrected chi connectivity index (χ0v) is 14.3. The lowest BCUT2D eigenvalue weighted by Crippen LogP contribution is -2.04. The van der Waals surface area contributed by atoms with Crippen molar-refractivity contribution in [3.63, 3.8) is 0 Å². The Morgan fingerprint density at radius 1 is 1.04 bits per heavy atom. The van der Waals surface area contributed by atoms with Crippen molar-refractivity contribution in [3.05, 3.63) is 71.4 Å². The van der Waals surface area contributed by atoms with Gasteiger partial charge in [-0.3, -0.25) is 0 Å². The number of cyclic esters (lactones) is 1. The first-order chi connectivity index (χ1) is 12.3.